The van der Waals surface area contributed by atoms with Crippen molar-refractivity contribution in [2.75, 3.05) is 30.3 Å². The summed E-state index contributed by atoms with van der Waals surface area (Å²) in [4.78, 5) is 17.2. The molecule has 13 heavy (non-hydrogen) atoms. The Bertz CT molecular complexity index is 234. The van der Waals surface area contributed by atoms with E-state index < -0.39 is 0 Å². The smallest absolute Gasteiger partial charge is 0.258 e. The fraction of sp³-hybridized carbons (Fsp3) is 0.750. The van der Waals surface area contributed by atoms with Crippen molar-refractivity contribution in [2.45, 2.75) is 6.42 Å². The lowest BCUT2D eigenvalue weighted by molar-refractivity contribution is -0.115. The summed E-state index contributed by atoms with van der Waals surface area (Å²) in [5, 5.41) is 0.951. The molecule has 0 unspecified atom stereocenters. The topological polar surface area (TPSA) is 32.7 Å². The first kappa shape index (κ1) is 9.40. The van der Waals surface area contributed by atoms with Gasteiger partial charge in [-0.05, 0) is 12.2 Å². The summed E-state index contributed by atoms with van der Waals surface area (Å²) in [5.41, 5.74) is 0. The van der Waals surface area contributed by atoms with Gasteiger partial charge in [0.15, 0.2) is 5.17 Å². The minimum atomic E-state index is 0.0249. The lowest BCUT2D eigenvalue weighted by Gasteiger charge is -2.20. The SMILES string of the molecule is O=C1CSC(N2CCCSCC2)=N1. The highest BCUT2D eigenvalue weighted by atomic mass is 32.2. The van der Waals surface area contributed by atoms with Crippen LogP contribution in [0.3, 0.4) is 0 Å². The molecule has 0 spiro atoms. The van der Waals surface area contributed by atoms with E-state index in [2.05, 4.69) is 9.89 Å². The van der Waals surface area contributed by atoms with Crippen LogP contribution in [0.25, 0.3) is 0 Å². The Kier molecular flexibility index (Phi) is 3.16. The van der Waals surface area contributed by atoms with Crippen LogP contribution in [0.4, 0.5) is 0 Å². The van der Waals surface area contributed by atoms with Crippen LogP contribution >= 0.6 is 23.5 Å². The molecule has 2 rings (SSSR count). The third-order valence-electron chi connectivity index (χ3n) is 2.04. The molecule has 0 aliphatic carbocycles. The van der Waals surface area contributed by atoms with Crippen LogP contribution in [0, 0.1) is 0 Å². The summed E-state index contributed by atoms with van der Waals surface area (Å²) in [6.07, 6.45) is 1.21. The zero-order chi connectivity index (χ0) is 9.10. The van der Waals surface area contributed by atoms with Crippen LogP contribution < -0.4 is 0 Å². The van der Waals surface area contributed by atoms with Crippen molar-refractivity contribution in [3.8, 4) is 0 Å². The van der Waals surface area contributed by atoms with Crippen LogP contribution in [0.15, 0.2) is 4.99 Å². The van der Waals surface area contributed by atoms with Crippen molar-refractivity contribution < 1.29 is 4.79 Å². The van der Waals surface area contributed by atoms with E-state index in [1.165, 1.54) is 12.2 Å². The first-order chi connectivity index (χ1) is 6.36. The van der Waals surface area contributed by atoms with Gasteiger partial charge in [0, 0.05) is 18.8 Å². The second-order valence-electron chi connectivity index (χ2n) is 3.03. The van der Waals surface area contributed by atoms with Crippen LogP contribution in [-0.4, -0.2) is 46.3 Å². The number of carbonyl (C=O) groups is 1. The number of nitrogens with zero attached hydrogens (tertiary/aromatic N) is 2. The molecule has 1 amide bonds. The van der Waals surface area contributed by atoms with Gasteiger partial charge in [0.25, 0.3) is 5.91 Å². The fourth-order valence-electron chi connectivity index (χ4n) is 1.40. The molecule has 0 radical (unpaired) electrons. The third kappa shape index (κ3) is 2.40. The molecular weight excluding hydrogens is 204 g/mol. The number of amidine groups is 1. The van der Waals surface area contributed by atoms with Gasteiger partial charge in [-0.15, -0.1) is 0 Å². The van der Waals surface area contributed by atoms with Crippen LogP contribution in [0.5, 0.6) is 0 Å². The third-order valence-corrected chi connectivity index (χ3v) is 4.09. The summed E-state index contributed by atoms with van der Waals surface area (Å²) >= 11 is 3.57. The normalized spacial score (nSPS) is 24.5. The van der Waals surface area contributed by atoms with Gasteiger partial charge in [-0.2, -0.15) is 16.8 Å². The van der Waals surface area contributed by atoms with Gasteiger partial charge in [0.1, 0.15) is 0 Å². The number of rotatable bonds is 0. The van der Waals surface area contributed by atoms with E-state index in [4.69, 9.17) is 0 Å². The Balaban J connectivity index is 1.98. The number of hydrogen-bond acceptors (Lipinski definition) is 4. The van der Waals surface area contributed by atoms with Gasteiger partial charge in [-0.3, -0.25) is 4.79 Å². The van der Waals surface area contributed by atoms with Gasteiger partial charge < -0.3 is 4.90 Å². The minimum Gasteiger partial charge on any atom is -0.350 e. The molecule has 0 bridgehead atoms. The quantitative estimate of drug-likeness (QED) is 0.606. The molecule has 1 fully saturated rings. The first-order valence-electron chi connectivity index (χ1n) is 4.43. The molecule has 72 valence electrons. The summed E-state index contributed by atoms with van der Waals surface area (Å²) in [5.74, 6) is 2.96. The maximum absolute atomic E-state index is 10.9. The van der Waals surface area contributed by atoms with E-state index in [1.54, 1.807) is 11.8 Å². The lowest BCUT2D eigenvalue weighted by atomic mass is 10.4. The highest BCUT2D eigenvalue weighted by molar-refractivity contribution is 8.14. The van der Waals surface area contributed by atoms with Crippen LogP contribution in [0.1, 0.15) is 6.42 Å². The van der Waals surface area contributed by atoms with Crippen molar-refractivity contribution >= 4 is 34.6 Å². The number of hydrogen-bond donors (Lipinski definition) is 0. The van der Waals surface area contributed by atoms with E-state index in [0.717, 1.165) is 24.0 Å². The number of aliphatic imine (C=N–C) groups is 1. The predicted molar refractivity (Wildman–Crippen MR) is 58.4 cm³/mol. The van der Waals surface area contributed by atoms with Crippen molar-refractivity contribution in [3.05, 3.63) is 0 Å². The van der Waals surface area contributed by atoms with Gasteiger partial charge in [-0.1, -0.05) is 11.8 Å². The summed E-state index contributed by atoms with van der Waals surface area (Å²) in [7, 11) is 0. The van der Waals surface area contributed by atoms with E-state index in [9.17, 15) is 4.79 Å². The van der Waals surface area contributed by atoms with Crippen molar-refractivity contribution in [2.24, 2.45) is 4.99 Å². The summed E-state index contributed by atoms with van der Waals surface area (Å²) in [6.45, 7) is 2.11. The van der Waals surface area contributed by atoms with Gasteiger partial charge >= 0.3 is 0 Å². The molecule has 0 aromatic rings. The number of carbonyl (C=O) groups excluding carboxylic acids is 1. The average molecular weight is 216 g/mol. The highest BCUT2D eigenvalue weighted by Gasteiger charge is 2.21. The molecule has 0 aromatic heterocycles. The standard InChI is InChI=1S/C8H12N2OS2/c11-7-6-13-8(9-7)10-2-1-4-12-5-3-10/h1-6H2. The molecule has 3 nitrogen and oxygen atoms in total. The minimum absolute atomic E-state index is 0.0249. The molecule has 0 aromatic carbocycles. The molecule has 2 aliphatic heterocycles. The molecule has 0 atom stereocenters. The van der Waals surface area contributed by atoms with E-state index in [-0.39, 0.29) is 5.91 Å². The van der Waals surface area contributed by atoms with Crippen molar-refractivity contribution in [1.82, 2.24) is 4.90 Å². The maximum Gasteiger partial charge on any atom is 0.258 e. The second-order valence-corrected chi connectivity index (χ2v) is 5.20. The zero-order valence-corrected chi connectivity index (χ0v) is 8.99. The Hall–Kier alpha value is -0.160. The largest absolute Gasteiger partial charge is 0.350 e. The van der Waals surface area contributed by atoms with E-state index in [0.29, 0.717) is 5.75 Å². The van der Waals surface area contributed by atoms with E-state index in [1.807, 2.05) is 11.8 Å². The second kappa shape index (κ2) is 4.37. The molecule has 2 aliphatic rings. The molecular formula is C8H12N2OS2. The van der Waals surface area contributed by atoms with E-state index >= 15 is 0 Å². The summed E-state index contributed by atoms with van der Waals surface area (Å²) < 4.78 is 0. The number of amides is 1. The molecule has 1 saturated heterocycles. The Labute approximate surface area is 86.3 Å². The Morgan fingerprint density at radius 1 is 1.31 bits per heavy atom. The Morgan fingerprint density at radius 2 is 2.23 bits per heavy atom. The summed E-state index contributed by atoms with van der Waals surface area (Å²) in [6, 6.07) is 0. The zero-order valence-electron chi connectivity index (χ0n) is 7.36. The first-order valence-corrected chi connectivity index (χ1v) is 6.57. The Morgan fingerprint density at radius 3 is 3.00 bits per heavy atom. The van der Waals surface area contributed by atoms with Crippen LogP contribution in [0.2, 0.25) is 0 Å². The van der Waals surface area contributed by atoms with Crippen LogP contribution in [-0.2, 0) is 4.79 Å². The molecule has 0 saturated carbocycles. The van der Waals surface area contributed by atoms with Gasteiger partial charge in [0.2, 0.25) is 0 Å². The van der Waals surface area contributed by atoms with Gasteiger partial charge in [-0.25, -0.2) is 0 Å². The fourth-order valence-corrected chi connectivity index (χ4v) is 3.13. The van der Waals surface area contributed by atoms with Gasteiger partial charge in [0.05, 0.1) is 5.75 Å². The number of thioether (sulfide) groups is 2. The van der Waals surface area contributed by atoms with Crippen molar-refractivity contribution in [3.63, 3.8) is 0 Å². The average Bonchev–Trinajstić information content (AvgIpc) is 2.43. The molecule has 2 heterocycles. The predicted octanol–water partition coefficient (Wildman–Crippen LogP) is 1.05. The molecule has 0 N–H and O–H groups in total. The highest BCUT2D eigenvalue weighted by Crippen LogP contribution is 2.19. The maximum atomic E-state index is 10.9. The lowest BCUT2D eigenvalue weighted by Crippen LogP contribution is -2.29. The molecule has 5 heteroatoms. The monoisotopic (exact) mass is 216 g/mol. The van der Waals surface area contributed by atoms with Crippen molar-refractivity contribution in [1.29, 1.82) is 0 Å².